The van der Waals surface area contributed by atoms with Crippen LogP contribution in [0, 0.1) is 0 Å². The summed E-state index contributed by atoms with van der Waals surface area (Å²) in [5.74, 6) is 2.68. The van der Waals surface area contributed by atoms with Crippen LogP contribution in [0.15, 0.2) is 24.3 Å². The summed E-state index contributed by atoms with van der Waals surface area (Å²) in [6.07, 6.45) is 2.07. The lowest BCUT2D eigenvalue weighted by Crippen LogP contribution is -2.30. The van der Waals surface area contributed by atoms with Crippen molar-refractivity contribution >= 4 is 29.4 Å². The summed E-state index contributed by atoms with van der Waals surface area (Å²) in [4.78, 5) is 13.9. The summed E-state index contributed by atoms with van der Waals surface area (Å²) in [7, 11) is 0. The van der Waals surface area contributed by atoms with Gasteiger partial charge in [-0.05, 0) is 30.9 Å². The van der Waals surface area contributed by atoms with Crippen molar-refractivity contribution in [2.45, 2.75) is 12.3 Å². The van der Waals surface area contributed by atoms with Gasteiger partial charge >= 0.3 is 0 Å². The predicted molar refractivity (Wildman–Crippen MR) is 82.9 cm³/mol. The molecule has 104 valence electrons. The number of amides is 1. The summed E-state index contributed by atoms with van der Waals surface area (Å²) in [5, 5.41) is 0.139. The zero-order valence-corrected chi connectivity index (χ0v) is 12.9. The monoisotopic (exact) mass is 297 g/mol. The van der Waals surface area contributed by atoms with Crippen molar-refractivity contribution < 1.29 is 9.53 Å². The molecular weight excluding hydrogens is 278 g/mol. The summed E-state index contributed by atoms with van der Waals surface area (Å²) in [6, 6.07) is 8.08. The fourth-order valence-corrected chi connectivity index (χ4v) is 3.67. The third kappa shape index (κ3) is 3.60. The van der Waals surface area contributed by atoms with Gasteiger partial charge in [0.15, 0.2) is 0 Å². The fourth-order valence-electron chi connectivity index (χ4n) is 2.09. The Labute approximate surface area is 123 Å². The lowest BCUT2D eigenvalue weighted by atomic mass is 10.2. The molecule has 1 unspecified atom stereocenters. The largest absolute Gasteiger partial charge is 0.494 e. The number of nitrogens with zero attached hydrogens (tertiary/aromatic N) is 1. The zero-order chi connectivity index (χ0) is 13.7. The van der Waals surface area contributed by atoms with E-state index >= 15 is 0 Å². The van der Waals surface area contributed by atoms with Crippen LogP contribution in [0.3, 0.4) is 0 Å². The number of carbonyl (C=O) groups excluding carboxylic acids is 1. The Balaban J connectivity index is 2.14. The Morgan fingerprint density at radius 1 is 1.53 bits per heavy atom. The Morgan fingerprint density at radius 3 is 3.11 bits per heavy atom. The third-order valence-electron chi connectivity index (χ3n) is 2.96. The summed E-state index contributed by atoms with van der Waals surface area (Å²) in [6.45, 7) is 3.46. The lowest BCUT2D eigenvalue weighted by molar-refractivity contribution is -0.127. The molecule has 0 saturated carbocycles. The van der Waals surface area contributed by atoms with E-state index in [1.807, 2.05) is 30.0 Å². The molecule has 1 aliphatic heterocycles. The van der Waals surface area contributed by atoms with Gasteiger partial charge in [0.05, 0.1) is 12.4 Å². The van der Waals surface area contributed by atoms with Crippen molar-refractivity contribution in [1.29, 1.82) is 0 Å². The SMILES string of the molecule is CCOc1cccc(C2SCC(=O)N2CCSC)c1. The lowest BCUT2D eigenvalue weighted by Gasteiger charge is -2.24. The minimum Gasteiger partial charge on any atom is -0.494 e. The van der Waals surface area contributed by atoms with Gasteiger partial charge in [-0.1, -0.05) is 12.1 Å². The van der Waals surface area contributed by atoms with Gasteiger partial charge in [-0.25, -0.2) is 0 Å². The molecule has 1 aromatic rings. The first kappa shape index (κ1) is 14.6. The maximum Gasteiger partial charge on any atom is 0.233 e. The first-order chi connectivity index (χ1) is 9.26. The molecule has 1 atom stereocenters. The number of rotatable bonds is 6. The van der Waals surface area contributed by atoms with Crippen molar-refractivity contribution in [3.05, 3.63) is 29.8 Å². The van der Waals surface area contributed by atoms with Crippen LogP contribution in [0.1, 0.15) is 17.9 Å². The van der Waals surface area contributed by atoms with Crippen LogP contribution in [-0.2, 0) is 4.79 Å². The Morgan fingerprint density at radius 2 is 2.37 bits per heavy atom. The van der Waals surface area contributed by atoms with Crippen molar-refractivity contribution in [3.8, 4) is 5.75 Å². The summed E-state index contributed by atoms with van der Waals surface area (Å²) in [5.41, 5.74) is 1.16. The second-order valence-electron chi connectivity index (χ2n) is 4.25. The predicted octanol–water partition coefficient (Wildman–Crippen LogP) is 3.02. The van der Waals surface area contributed by atoms with Crippen LogP contribution < -0.4 is 4.74 Å². The van der Waals surface area contributed by atoms with Crippen LogP contribution in [-0.4, -0.2) is 41.7 Å². The number of hydrogen-bond acceptors (Lipinski definition) is 4. The van der Waals surface area contributed by atoms with Crippen molar-refractivity contribution in [3.63, 3.8) is 0 Å². The minimum atomic E-state index is 0.139. The average molecular weight is 297 g/mol. The van der Waals surface area contributed by atoms with E-state index in [4.69, 9.17) is 4.74 Å². The van der Waals surface area contributed by atoms with Gasteiger partial charge in [0.25, 0.3) is 0 Å². The molecule has 19 heavy (non-hydrogen) atoms. The number of thioether (sulfide) groups is 2. The second kappa shape index (κ2) is 7.10. The van der Waals surface area contributed by atoms with Crippen molar-refractivity contribution in [2.75, 3.05) is 30.9 Å². The molecule has 0 bridgehead atoms. The molecule has 0 aromatic heterocycles. The van der Waals surface area contributed by atoms with E-state index in [2.05, 4.69) is 12.3 Å². The van der Waals surface area contributed by atoms with Gasteiger partial charge in [-0.15, -0.1) is 11.8 Å². The summed E-state index contributed by atoms with van der Waals surface area (Å²) >= 11 is 3.47. The quantitative estimate of drug-likeness (QED) is 0.807. The Kier molecular flexibility index (Phi) is 5.45. The molecule has 5 heteroatoms. The van der Waals surface area contributed by atoms with E-state index in [-0.39, 0.29) is 11.3 Å². The second-order valence-corrected chi connectivity index (χ2v) is 6.30. The zero-order valence-electron chi connectivity index (χ0n) is 11.3. The third-order valence-corrected chi connectivity index (χ3v) is 4.81. The minimum absolute atomic E-state index is 0.139. The molecule has 1 fully saturated rings. The van der Waals surface area contributed by atoms with E-state index in [0.717, 1.165) is 23.6 Å². The molecule has 1 saturated heterocycles. The Bertz CT molecular complexity index is 439. The summed E-state index contributed by atoms with van der Waals surface area (Å²) < 4.78 is 5.53. The van der Waals surface area contributed by atoms with Gasteiger partial charge in [0.2, 0.25) is 5.91 Å². The van der Waals surface area contributed by atoms with Crippen molar-refractivity contribution in [1.82, 2.24) is 4.90 Å². The van der Waals surface area contributed by atoms with E-state index in [1.54, 1.807) is 23.5 Å². The fraction of sp³-hybridized carbons (Fsp3) is 0.500. The number of hydrogen-bond donors (Lipinski definition) is 0. The molecule has 1 aliphatic rings. The number of ether oxygens (including phenoxy) is 1. The highest BCUT2D eigenvalue weighted by atomic mass is 32.2. The molecule has 2 rings (SSSR count). The van der Waals surface area contributed by atoms with E-state index in [9.17, 15) is 4.79 Å². The number of benzene rings is 1. The van der Waals surface area contributed by atoms with E-state index in [1.165, 1.54) is 0 Å². The molecular formula is C14H19NO2S2. The van der Waals surface area contributed by atoms with Gasteiger partial charge in [-0.3, -0.25) is 4.79 Å². The van der Waals surface area contributed by atoms with Crippen LogP contribution in [0.25, 0.3) is 0 Å². The first-order valence-electron chi connectivity index (χ1n) is 6.39. The van der Waals surface area contributed by atoms with Crippen LogP contribution in [0.2, 0.25) is 0 Å². The normalized spacial score (nSPS) is 18.9. The highest BCUT2D eigenvalue weighted by Gasteiger charge is 2.32. The molecule has 0 radical (unpaired) electrons. The van der Waals surface area contributed by atoms with E-state index in [0.29, 0.717) is 12.4 Å². The van der Waals surface area contributed by atoms with E-state index < -0.39 is 0 Å². The highest BCUT2D eigenvalue weighted by Crippen LogP contribution is 2.39. The maximum atomic E-state index is 11.9. The topological polar surface area (TPSA) is 29.5 Å². The molecule has 0 spiro atoms. The first-order valence-corrected chi connectivity index (χ1v) is 8.83. The highest BCUT2D eigenvalue weighted by molar-refractivity contribution is 8.00. The van der Waals surface area contributed by atoms with Crippen LogP contribution in [0.4, 0.5) is 0 Å². The molecule has 1 amide bonds. The van der Waals surface area contributed by atoms with Crippen LogP contribution in [0.5, 0.6) is 5.75 Å². The smallest absolute Gasteiger partial charge is 0.233 e. The molecule has 3 nitrogen and oxygen atoms in total. The molecule has 1 aromatic carbocycles. The molecule has 0 aliphatic carbocycles. The van der Waals surface area contributed by atoms with Crippen molar-refractivity contribution in [2.24, 2.45) is 0 Å². The Hall–Kier alpha value is -0.810. The standard InChI is InChI=1S/C14H19NO2S2/c1-3-17-12-6-4-5-11(9-12)14-15(7-8-18-2)13(16)10-19-14/h4-6,9,14H,3,7-8,10H2,1-2H3. The molecule has 1 heterocycles. The maximum absolute atomic E-state index is 11.9. The van der Waals surface area contributed by atoms with Gasteiger partial charge in [0, 0.05) is 12.3 Å². The van der Waals surface area contributed by atoms with Gasteiger partial charge in [-0.2, -0.15) is 11.8 Å². The average Bonchev–Trinajstić information content (AvgIpc) is 2.78. The van der Waals surface area contributed by atoms with Gasteiger partial charge in [0.1, 0.15) is 11.1 Å². The van der Waals surface area contributed by atoms with Gasteiger partial charge < -0.3 is 9.64 Å². The molecule has 0 N–H and O–H groups in total. The van der Waals surface area contributed by atoms with Crippen LogP contribution >= 0.6 is 23.5 Å². The number of carbonyl (C=O) groups is 1.